The first-order chi connectivity index (χ1) is 17.1. The van der Waals surface area contributed by atoms with Gasteiger partial charge >= 0.3 is 6.18 Å². The third-order valence-electron chi connectivity index (χ3n) is 5.87. The lowest BCUT2D eigenvalue weighted by molar-refractivity contribution is -0.141. The number of benzene rings is 1. The molecule has 36 heavy (non-hydrogen) atoms. The summed E-state index contributed by atoms with van der Waals surface area (Å²) in [5.41, 5.74) is 1.39. The topological polar surface area (TPSA) is 115 Å². The van der Waals surface area contributed by atoms with Crippen LogP contribution in [0.15, 0.2) is 41.6 Å². The van der Waals surface area contributed by atoms with E-state index in [1.54, 1.807) is 38.5 Å². The molecule has 0 amide bonds. The lowest BCUT2D eigenvalue weighted by atomic mass is 9.97. The Bertz CT molecular complexity index is 1710. The lowest BCUT2D eigenvalue weighted by Gasteiger charge is -2.14. The van der Waals surface area contributed by atoms with E-state index in [0.29, 0.717) is 39.0 Å². The van der Waals surface area contributed by atoms with E-state index >= 15 is 0 Å². The van der Waals surface area contributed by atoms with Crippen LogP contribution in [0.25, 0.3) is 33.1 Å². The van der Waals surface area contributed by atoms with Gasteiger partial charge < -0.3 is 10.6 Å². The molecule has 0 saturated heterocycles. The second-order valence-corrected chi connectivity index (χ2v) is 8.18. The number of nitrogens with zero attached hydrogens (tertiary/aromatic N) is 7. The maximum Gasteiger partial charge on any atom is 0.435 e. The van der Waals surface area contributed by atoms with E-state index in [9.17, 15) is 18.0 Å². The summed E-state index contributed by atoms with van der Waals surface area (Å²) in [6.07, 6.45) is -1.66. The van der Waals surface area contributed by atoms with Crippen molar-refractivity contribution in [2.75, 3.05) is 17.7 Å². The van der Waals surface area contributed by atoms with Gasteiger partial charge in [-0.25, -0.2) is 15.0 Å². The molecule has 4 heterocycles. The van der Waals surface area contributed by atoms with Crippen molar-refractivity contribution in [3.8, 4) is 11.1 Å². The first-order valence-corrected chi connectivity index (χ1v) is 10.8. The SMILES string of the molecule is CNc1ncc2cc(-c3c(C)ccc4c(Nc5cc(C(F)(F)F)nn5C)ncnc34)c(=O)n(C)c2n1. The zero-order chi connectivity index (χ0) is 25.8. The van der Waals surface area contributed by atoms with Gasteiger partial charge in [0, 0.05) is 49.7 Å². The summed E-state index contributed by atoms with van der Waals surface area (Å²) in [4.78, 5) is 30.7. The second-order valence-electron chi connectivity index (χ2n) is 8.18. The summed E-state index contributed by atoms with van der Waals surface area (Å²) in [5, 5.41) is 10.5. The number of hydrogen-bond donors (Lipinski definition) is 2. The normalized spacial score (nSPS) is 11.9. The Morgan fingerprint density at radius 1 is 1.06 bits per heavy atom. The molecular weight excluding hydrogens is 475 g/mol. The van der Waals surface area contributed by atoms with Crippen LogP contribution in [0.1, 0.15) is 11.3 Å². The molecule has 0 aliphatic carbocycles. The van der Waals surface area contributed by atoms with E-state index < -0.39 is 11.9 Å². The van der Waals surface area contributed by atoms with Crippen LogP contribution >= 0.6 is 0 Å². The Kier molecular flexibility index (Phi) is 5.34. The number of anilines is 3. The van der Waals surface area contributed by atoms with E-state index in [0.717, 1.165) is 16.3 Å². The first kappa shape index (κ1) is 23.2. The summed E-state index contributed by atoms with van der Waals surface area (Å²) in [5.74, 6) is 0.764. The van der Waals surface area contributed by atoms with Crippen molar-refractivity contribution in [2.45, 2.75) is 13.1 Å². The molecule has 5 rings (SSSR count). The predicted molar refractivity (Wildman–Crippen MR) is 129 cm³/mol. The van der Waals surface area contributed by atoms with E-state index in [2.05, 4.69) is 35.7 Å². The molecule has 0 aliphatic heterocycles. The summed E-state index contributed by atoms with van der Waals surface area (Å²) < 4.78 is 41.9. The number of alkyl halides is 3. The highest BCUT2D eigenvalue weighted by Crippen LogP contribution is 2.35. The van der Waals surface area contributed by atoms with Crippen molar-refractivity contribution >= 4 is 39.5 Å². The number of aromatic nitrogens is 7. The highest BCUT2D eigenvalue weighted by molar-refractivity contribution is 6.01. The molecule has 1 aromatic carbocycles. The molecule has 0 radical (unpaired) electrons. The van der Waals surface area contributed by atoms with Crippen LogP contribution in [-0.2, 0) is 20.3 Å². The fraction of sp³-hybridized carbons (Fsp3) is 0.217. The quantitative estimate of drug-likeness (QED) is 0.387. The Morgan fingerprint density at radius 2 is 1.83 bits per heavy atom. The van der Waals surface area contributed by atoms with Gasteiger partial charge in [0.25, 0.3) is 5.56 Å². The zero-order valence-corrected chi connectivity index (χ0v) is 19.6. The Labute approximate surface area is 201 Å². The van der Waals surface area contributed by atoms with Gasteiger partial charge in [0.1, 0.15) is 23.6 Å². The highest BCUT2D eigenvalue weighted by atomic mass is 19.4. The van der Waals surface area contributed by atoms with Crippen LogP contribution in [0.2, 0.25) is 0 Å². The zero-order valence-electron chi connectivity index (χ0n) is 19.6. The van der Waals surface area contributed by atoms with Gasteiger partial charge in [-0.1, -0.05) is 6.07 Å². The minimum absolute atomic E-state index is 0.101. The van der Waals surface area contributed by atoms with Crippen molar-refractivity contribution in [3.63, 3.8) is 0 Å². The number of halogens is 3. The monoisotopic (exact) mass is 495 g/mol. The van der Waals surface area contributed by atoms with Gasteiger partial charge in [-0.3, -0.25) is 14.0 Å². The third-order valence-corrected chi connectivity index (χ3v) is 5.87. The average molecular weight is 495 g/mol. The van der Waals surface area contributed by atoms with Gasteiger partial charge in [-0.2, -0.15) is 23.3 Å². The smallest absolute Gasteiger partial charge is 0.357 e. The summed E-state index contributed by atoms with van der Waals surface area (Å²) in [6, 6.07) is 6.18. The van der Waals surface area contributed by atoms with E-state index in [4.69, 9.17) is 0 Å². The van der Waals surface area contributed by atoms with Gasteiger partial charge in [-0.15, -0.1) is 0 Å². The first-order valence-electron chi connectivity index (χ1n) is 10.8. The second kappa shape index (κ2) is 8.29. The largest absolute Gasteiger partial charge is 0.435 e. The molecule has 0 bridgehead atoms. The van der Waals surface area contributed by atoms with E-state index in [1.165, 1.54) is 17.9 Å². The molecule has 0 atom stereocenters. The van der Waals surface area contributed by atoms with Crippen molar-refractivity contribution in [3.05, 3.63) is 58.4 Å². The molecule has 0 unspecified atom stereocenters. The third kappa shape index (κ3) is 3.78. The number of pyridine rings is 1. The molecule has 5 aromatic rings. The van der Waals surface area contributed by atoms with Crippen LogP contribution in [-0.4, -0.2) is 41.3 Å². The summed E-state index contributed by atoms with van der Waals surface area (Å²) >= 11 is 0. The Hall–Kier alpha value is -4.55. The van der Waals surface area contributed by atoms with Crippen LogP contribution < -0.4 is 16.2 Å². The molecule has 2 N–H and O–H groups in total. The van der Waals surface area contributed by atoms with Crippen LogP contribution in [0.3, 0.4) is 0 Å². The lowest BCUT2D eigenvalue weighted by Crippen LogP contribution is -2.20. The standard InChI is InChI=1S/C23H20F3N9O/c1-11-5-6-13-18(29-10-30-19(13)31-16-8-15(23(24,25)26)33-35(16)4)17(11)14-7-12-9-28-22(27-2)32-20(12)34(3)21(14)36/h5-10H,1-4H3,(H,27,28,32)(H,29,30,31). The maximum atomic E-state index is 13.4. The van der Waals surface area contributed by atoms with E-state index in [-0.39, 0.29) is 17.2 Å². The van der Waals surface area contributed by atoms with Crippen molar-refractivity contribution in [1.29, 1.82) is 0 Å². The maximum absolute atomic E-state index is 13.4. The summed E-state index contributed by atoms with van der Waals surface area (Å²) in [6.45, 7) is 1.85. The molecule has 0 spiro atoms. The van der Waals surface area contributed by atoms with E-state index in [1.807, 2.05) is 6.92 Å². The molecule has 0 saturated carbocycles. The number of fused-ring (bicyclic) bond motifs is 2. The van der Waals surface area contributed by atoms with Crippen molar-refractivity contribution in [2.24, 2.45) is 14.1 Å². The molecule has 13 heteroatoms. The Morgan fingerprint density at radius 3 is 2.53 bits per heavy atom. The number of rotatable bonds is 4. The Balaban J connectivity index is 1.69. The fourth-order valence-corrected chi connectivity index (χ4v) is 4.06. The molecule has 184 valence electrons. The fourth-order valence-electron chi connectivity index (χ4n) is 4.06. The predicted octanol–water partition coefficient (Wildman–Crippen LogP) is 3.78. The van der Waals surface area contributed by atoms with Crippen LogP contribution in [0, 0.1) is 6.92 Å². The molecule has 4 aromatic heterocycles. The number of nitrogens with one attached hydrogen (secondary N) is 2. The van der Waals surface area contributed by atoms with Crippen LogP contribution in [0.4, 0.5) is 30.8 Å². The average Bonchev–Trinajstić information content (AvgIpc) is 3.22. The molecule has 10 nitrogen and oxygen atoms in total. The highest BCUT2D eigenvalue weighted by Gasteiger charge is 2.34. The van der Waals surface area contributed by atoms with Gasteiger partial charge in [0.2, 0.25) is 5.95 Å². The number of aryl methyl sites for hydroxylation is 3. The van der Waals surface area contributed by atoms with Gasteiger partial charge in [-0.05, 0) is 24.6 Å². The minimum atomic E-state index is -4.58. The minimum Gasteiger partial charge on any atom is -0.357 e. The van der Waals surface area contributed by atoms with Crippen LogP contribution in [0.5, 0.6) is 0 Å². The summed E-state index contributed by atoms with van der Waals surface area (Å²) in [7, 11) is 4.72. The molecule has 0 aliphatic rings. The van der Waals surface area contributed by atoms with Gasteiger partial charge in [0.05, 0.1) is 11.1 Å². The molecular formula is C23H20F3N9O. The van der Waals surface area contributed by atoms with Crippen molar-refractivity contribution < 1.29 is 13.2 Å². The van der Waals surface area contributed by atoms with Gasteiger partial charge in [0.15, 0.2) is 5.69 Å². The number of hydrogen-bond acceptors (Lipinski definition) is 8. The molecule has 0 fully saturated rings. The van der Waals surface area contributed by atoms with Crippen molar-refractivity contribution in [1.82, 2.24) is 34.3 Å².